The molecule has 2 N–H and O–H groups in total. The molecule has 6 heteroatoms. The molecule has 98 valence electrons. The minimum Gasteiger partial charge on any atom is -0.377 e. The third-order valence-corrected chi connectivity index (χ3v) is 9.10. The van der Waals surface area contributed by atoms with Crippen LogP contribution in [0.15, 0.2) is 0 Å². The highest BCUT2D eigenvalue weighted by Crippen LogP contribution is 2.16. The van der Waals surface area contributed by atoms with Crippen molar-refractivity contribution in [2.24, 2.45) is 5.73 Å². The van der Waals surface area contributed by atoms with Gasteiger partial charge in [0.15, 0.2) is 0 Å². The largest absolute Gasteiger partial charge is 0.500 e. The van der Waals surface area contributed by atoms with Crippen molar-refractivity contribution in [2.75, 3.05) is 27.0 Å². The molecule has 0 aliphatic carbocycles. The molecule has 0 bridgehead atoms. The fourth-order valence-corrected chi connectivity index (χ4v) is 6.16. The smallest absolute Gasteiger partial charge is 0.377 e. The summed E-state index contributed by atoms with van der Waals surface area (Å²) in [4.78, 5) is 0. The van der Waals surface area contributed by atoms with Crippen LogP contribution in [0.4, 0.5) is 0 Å². The van der Waals surface area contributed by atoms with Gasteiger partial charge in [-0.1, -0.05) is 25.9 Å². The molecule has 0 heterocycles. The first kappa shape index (κ1) is 16.3. The van der Waals surface area contributed by atoms with Gasteiger partial charge in [-0.05, 0) is 13.0 Å². The van der Waals surface area contributed by atoms with E-state index in [1.165, 1.54) is 12.1 Å². The van der Waals surface area contributed by atoms with E-state index in [2.05, 4.69) is 13.8 Å². The molecular weight excluding hydrogens is 238 g/mol. The standard InChI is InChI=1S/C10H27NO3Si2/c1-5-15(6-2)10-14-16(12-3,13-4)9-7-8-11/h15H,5-11H2,1-4H3. The SMILES string of the molecule is CC[SiH](CC)CO[Si](CCCN)(OC)OC. The quantitative estimate of drug-likeness (QED) is 0.607. The van der Waals surface area contributed by atoms with E-state index in [9.17, 15) is 0 Å². The van der Waals surface area contributed by atoms with Gasteiger partial charge in [0.05, 0.1) is 8.80 Å². The summed E-state index contributed by atoms with van der Waals surface area (Å²) in [5.41, 5.74) is 5.52. The topological polar surface area (TPSA) is 53.7 Å². The molecular formula is C10H27NO3Si2. The lowest BCUT2D eigenvalue weighted by Crippen LogP contribution is -2.46. The van der Waals surface area contributed by atoms with Crippen LogP contribution in [-0.4, -0.2) is 44.6 Å². The van der Waals surface area contributed by atoms with Crippen LogP contribution in [-0.2, 0) is 13.3 Å². The molecule has 0 aliphatic heterocycles. The number of hydrogen-bond acceptors (Lipinski definition) is 4. The van der Waals surface area contributed by atoms with Crippen molar-refractivity contribution < 1.29 is 13.3 Å². The van der Waals surface area contributed by atoms with E-state index in [-0.39, 0.29) is 0 Å². The summed E-state index contributed by atoms with van der Waals surface area (Å²) in [6.07, 6.45) is 1.77. The highest BCUT2D eigenvalue weighted by molar-refractivity contribution is 6.63. The second kappa shape index (κ2) is 9.32. The third kappa shape index (κ3) is 5.56. The molecule has 0 aromatic carbocycles. The van der Waals surface area contributed by atoms with E-state index >= 15 is 0 Å². The van der Waals surface area contributed by atoms with Gasteiger partial charge in [0.2, 0.25) is 0 Å². The predicted octanol–water partition coefficient (Wildman–Crippen LogP) is 1.39. The van der Waals surface area contributed by atoms with Gasteiger partial charge < -0.3 is 19.0 Å². The van der Waals surface area contributed by atoms with Crippen LogP contribution in [0.1, 0.15) is 20.3 Å². The predicted molar refractivity (Wildman–Crippen MR) is 72.3 cm³/mol. The minimum atomic E-state index is -2.41. The number of nitrogens with two attached hydrogens (primary N) is 1. The molecule has 0 saturated heterocycles. The molecule has 0 aromatic rings. The highest BCUT2D eigenvalue weighted by Gasteiger charge is 2.38. The minimum absolute atomic E-state index is 0.660. The monoisotopic (exact) mass is 265 g/mol. The van der Waals surface area contributed by atoms with E-state index in [1.807, 2.05) is 0 Å². The van der Waals surface area contributed by atoms with Gasteiger partial charge in [0, 0.05) is 26.5 Å². The van der Waals surface area contributed by atoms with Crippen LogP contribution in [0.3, 0.4) is 0 Å². The van der Waals surface area contributed by atoms with Crippen LogP contribution in [0.5, 0.6) is 0 Å². The van der Waals surface area contributed by atoms with Crippen LogP contribution in [0.2, 0.25) is 18.1 Å². The lowest BCUT2D eigenvalue weighted by molar-refractivity contribution is 0.114. The molecule has 0 saturated carbocycles. The summed E-state index contributed by atoms with van der Waals surface area (Å²) in [5.74, 6) is 0. The Morgan fingerprint density at radius 1 is 1.12 bits per heavy atom. The fraction of sp³-hybridized carbons (Fsp3) is 1.00. The zero-order valence-electron chi connectivity index (χ0n) is 11.1. The Labute approximate surface area is 102 Å². The maximum absolute atomic E-state index is 5.97. The van der Waals surface area contributed by atoms with E-state index in [4.69, 9.17) is 19.0 Å². The molecule has 0 rings (SSSR count). The molecule has 0 unspecified atom stereocenters. The van der Waals surface area contributed by atoms with Crippen LogP contribution in [0, 0.1) is 0 Å². The van der Waals surface area contributed by atoms with Crippen LogP contribution >= 0.6 is 0 Å². The second-order valence-electron chi connectivity index (χ2n) is 3.98. The summed E-state index contributed by atoms with van der Waals surface area (Å²) < 4.78 is 17.0. The summed E-state index contributed by atoms with van der Waals surface area (Å²) in [6.45, 7) is 5.15. The van der Waals surface area contributed by atoms with E-state index in [1.54, 1.807) is 14.2 Å². The molecule has 0 aliphatic rings. The maximum Gasteiger partial charge on any atom is 0.500 e. The van der Waals surface area contributed by atoms with Gasteiger partial charge in [0.1, 0.15) is 0 Å². The van der Waals surface area contributed by atoms with Gasteiger partial charge in [0.25, 0.3) is 0 Å². The first-order valence-corrected chi connectivity index (χ1v) is 10.5. The van der Waals surface area contributed by atoms with Gasteiger partial charge in [-0.2, -0.15) is 0 Å². The first-order valence-electron chi connectivity index (χ1n) is 6.12. The van der Waals surface area contributed by atoms with Gasteiger partial charge in [-0.15, -0.1) is 0 Å². The van der Waals surface area contributed by atoms with Crippen molar-refractivity contribution in [3.8, 4) is 0 Å². The first-order chi connectivity index (χ1) is 7.67. The Bertz CT molecular complexity index is 164. The van der Waals surface area contributed by atoms with E-state index in [0.29, 0.717) is 6.54 Å². The van der Waals surface area contributed by atoms with Gasteiger partial charge in [-0.3, -0.25) is 0 Å². The van der Waals surface area contributed by atoms with Crippen LogP contribution in [0.25, 0.3) is 0 Å². The Balaban J connectivity index is 4.19. The van der Waals surface area contributed by atoms with Crippen LogP contribution < -0.4 is 5.73 Å². The van der Waals surface area contributed by atoms with Gasteiger partial charge in [-0.25, -0.2) is 0 Å². The average Bonchev–Trinajstić information content (AvgIpc) is 2.35. The van der Waals surface area contributed by atoms with Crippen molar-refractivity contribution in [2.45, 2.75) is 38.4 Å². The van der Waals surface area contributed by atoms with Crippen molar-refractivity contribution in [3.05, 3.63) is 0 Å². The second-order valence-corrected chi connectivity index (χ2v) is 10.6. The van der Waals surface area contributed by atoms with Crippen molar-refractivity contribution >= 4 is 17.6 Å². The summed E-state index contributed by atoms with van der Waals surface area (Å²) in [6, 6.07) is 3.36. The molecule has 0 amide bonds. The number of rotatable bonds is 10. The molecule has 0 spiro atoms. The maximum atomic E-state index is 5.97. The molecule has 0 atom stereocenters. The molecule has 0 fully saturated rings. The zero-order chi connectivity index (χ0) is 12.4. The Hall–Kier alpha value is 0.274. The average molecular weight is 266 g/mol. The zero-order valence-corrected chi connectivity index (χ0v) is 13.3. The molecule has 0 aromatic heterocycles. The Morgan fingerprint density at radius 3 is 2.06 bits per heavy atom. The number of hydrogen-bond donors (Lipinski definition) is 1. The van der Waals surface area contributed by atoms with Gasteiger partial charge >= 0.3 is 8.80 Å². The lowest BCUT2D eigenvalue weighted by Gasteiger charge is -2.27. The fourth-order valence-electron chi connectivity index (χ4n) is 1.57. The lowest BCUT2D eigenvalue weighted by atomic mass is 10.5. The van der Waals surface area contributed by atoms with E-state index in [0.717, 1.165) is 18.7 Å². The Morgan fingerprint density at radius 2 is 1.69 bits per heavy atom. The van der Waals surface area contributed by atoms with E-state index < -0.39 is 17.6 Å². The molecule has 4 nitrogen and oxygen atoms in total. The summed E-state index contributed by atoms with van der Waals surface area (Å²) in [7, 11) is 0.225. The normalized spacial score (nSPS) is 12.4. The van der Waals surface area contributed by atoms with Crippen molar-refractivity contribution in [1.29, 1.82) is 0 Å². The van der Waals surface area contributed by atoms with Crippen molar-refractivity contribution in [1.82, 2.24) is 0 Å². The Kier molecular flexibility index (Phi) is 9.48. The third-order valence-electron chi connectivity index (χ3n) is 3.00. The molecule has 16 heavy (non-hydrogen) atoms. The van der Waals surface area contributed by atoms with Crippen molar-refractivity contribution in [3.63, 3.8) is 0 Å². The molecule has 0 radical (unpaired) electrons. The summed E-state index contributed by atoms with van der Waals surface area (Å²) in [5, 5.41) is 0. The highest BCUT2D eigenvalue weighted by atomic mass is 28.4. The summed E-state index contributed by atoms with van der Waals surface area (Å²) >= 11 is 0.